The summed E-state index contributed by atoms with van der Waals surface area (Å²) in [6.45, 7) is 7.65. The highest BCUT2D eigenvalue weighted by molar-refractivity contribution is 7.87. The van der Waals surface area contributed by atoms with E-state index >= 15 is 0 Å². The summed E-state index contributed by atoms with van der Waals surface area (Å²) in [5, 5.41) is 0. The number of ketones is 1. The second-order valence-corrected chi connectivity index (χ2v) is 16.5. The normalized spacial score (nSPS) is 12.4. The van der Waals surface area contributed by atoms with Gasteiger partial charge in [-0.3, -0.25) is 13.2 Å². The van der Waals surface area contributed by atoms with Crippen molar-refractivity contribution in [3.63, 3.8) is 0 Å². The molecule has 5 rings (SSSR count). The van der Waals surface area contributed by atoms with Crippen LogP contribution in [0.3, 0.4) is 0 Å². The molecule has 0 atom stereocenters. The summed E-state index contributed by atoms with van der Waals surface area (Å²) < 4.78 is 103. The lowest BCUT2D eigenvalue weighted by Gasteiger charge is -2.10. The van der Waals surface area contributed by atoms with Crippen LogP contribution in [0.5, 0.6) is 11.5 Å². The van der Waals surface area contributed by atoms with Crippen molar-refractivity contribution >= 4 is 26.0 Å². The van der Waals surface area contributed by atoms with Gasteiger partial charge in [0.1, 0.15) is 24.7 Å². The van der Waals surface area contributed by atoms with Crippen molar-refractivity contribution in [2.24, 2.45) is 0 Å². The van der Waals surface area contributed by atoms with Gasteiger partial charge in [-0.2, -0.15) is 16.8 Å². The maximum absolute atomic E-state index is 13.3. The first-order valence-electron chi connectivity index (χ1n) is 19.5. The van der Waals surface area contributed by atoms with Crippen LogP contribution in [0, 0.1) is 13.8 Å². The predicted octanol–water partition coefficient (Wildman–Crippen LogP) is 5.18. The number of hydrogen-bond acceptors (Lipinski definition) is 15. The van der Waals surface area contributed by atoms with Gasteiger partial charge in [0.25, 0.3) is 20.2 Å². The number of rotatable bonds is 30. The van der Waals surface area contributed by atoms with Gasteiger partial charge in [0.15, 0.2) is 5.78 Å². The monoisotopic (exact) mass is 872 g/mol. The van der Waals surface area contributed by atoms with E-state index in [0.29, 0.717) is 75.5 Å². The van der Waals surface area contributed by atoms with Crippen molar-refractivity contribution in [2.75, 3.05) is 106 Å². The molecule has 4 aromatic rings. The Morgan fingerprint density at radius 2 is 0.667 bits per heavy atom. The van der Waals surface area contributed by atoms with Gasteiger partial charge in [-0.15, -0.1) is 0 Å². The minimum Gasteiger partial charge on any atom is -0.491 e. The molecule has 0 radical (unpaired) electrons. The fraction of sp³-hybridized carbons (Fsp3) is 0.419. The summed E-state index contributed by atoms with van der Waals surface area (Å²) in [7, 11) is -7.63. The van der Waals surface area contributed by atoms with Crippen LogP contribution in [0.2, 0.25) is 0 Å². The summed E-state index contributed by atoms with van der Waals surface area (Å²) in [4.78, 5) is 13.5. The maximum atomic E-state index is 13.3. The Balaban J connectivity index is 0.847. The fourth-order valence-electron chi connectivity index (χ4n) is 5.69. The molecule has 0 saturated carbocycles. The standard InChI is InChI=1S/C43H52O15S2/c1-33-3-9-37(10-4-33)59(45,46)57-29-25-53-21-17-49-15-19-51-23-27-55-35-7-13-39-40-14-8-36(32-42(40)43(44)41(39)31-35)56-28-24-52-20-16-50-18-22-54-26-30-58-60(47,48)38-11-5-34(2)6-12-38/h3-14,31-32H,15-30H2,1-2H3. The lowest BCUT2D eigenvalue weighted by Crippen LogP contribution is -2.15. The first-order chi connectivity index (χ1) is 29.0. The van der Waals surface area contributed by atoms with Crippen LogP contribution in [0.25, 0.3) is 11.1 Å². The largest absolute Gasteiger partial charge is 0.491 e. The van der Waals surface area contributed by atoms with Crippen LogP contribution in [0.15, 0.2) is 94.7 Å². The fourth-order valence-corrected chi connectivity index (χ4v) is 7.47. The Bertz CT molecular complexity index is 2000. The van der Waals surface area contributed by atoms with Crippen molar-refractivity contribution in [3.05, 3.63) is 107 Å². The predicted molar refractivity (Wildman–Crippen MR) is 220 cm³/mol. The zero-order valence-electron chi connectivity index (χ0n) is 33.8. The highest BCUT2D eigenvalue weighted by Crippen LogP contribution is 2.40. The summed E-state index contributed by atoms with van der Waals surface area (Å²) in [6, 6.07) is 23.7. The molecule has 0 heterocycles. The van der Waals surface area contributed by atoms with E-state index in [1.165, 1.54) is 24.3 Å². The number of ether oxygens (including phenoxy) is 8. The molecule has 0 bridgehead atoms. The highest BCUT2D eigenvalue weighted by Gasteiger charge is 2.27. The molecule has 15 nitrogen and oxygen atoms in total. The highest BCUT2D eigenvalue weighted by atomic mass is 32.2. The number of benzene rings is 4. The molecule has 0 N–H and O–H groups in total. The van der Waals surface area contributed by atoms with Gasteiger partial charge in [-0.25, -0.2) is 0 Å². The molecule has 60 heavy (non-hydrogen) atoms. The third-order valence-corrected chi connectivity index (χ3v) is 11.4. The van der Waals surface area contributed by atoms with E-state index < -0.39 is 20.2 Å². The summed E-state index contributed by atoms with van der Waals surface area (Å²) in [5.74, 6) is 1.01. The maximum Gasteiger partial charge on any atom is 0.297 e. The Morgan fingerprint density at radius 3 is 1.00 bits per heavy atom. The van der Waals surface area contributed by atoms with Gasteiger partial charge in [0.2, 0.25) is 0 Å². The molecule has 326 valence electrons. The molecule has 1 aliphatic carbocycles. The number of fused-ring (bicyclic) bond motifs is 3. The molecule has 0 aliphatic heterocycles. The summed E-state index contributed by atoms with van der Waals surface area (Å²) >= 11 is 0. The first-order valence-corrected chi connectivity index (χ1v) is 22.3. The van der Waals surface area contributed by atoms with E-state index in [1.54, 1.807) is 36.4 Å². The number of carbonyl (C=O) groups is 1. The Morgan fingerprint density at radius 1 is 0.367 bits per heavy atom. The Hall–Kier alpha value is -4.27. The van der Waals surface area contributed by atoms with Crippen LogP contribution in [-0.4, -0.2) is 128 Å². The number of carbonyl (C=O) groups excluding carboxylic acids is 1. The summed E-state index contributed by atoms with van der Waals surface area (Å²) in [5.41, 5.74) is 4.70. The second-order valence-electron chi connectivity index (χ2n) is 13.3. The van der Waals surface area contributed by atoms with Gasteiger partial charge in [-0.05, 0) is 85.6 Å². The van der Waals surface area contributed by atoms with E-state index in [-0.39, 0.29) is 68.4 Å². The van der Waals surface area contributed by atoms with E-state index in [9.17, 15) is 21.6 Å². The lowest BCUT2D eigenvalue weighted by atomic mass is 10.1. The minimum absolute atomic E-state index is 0.0912. The zero-order chi connectivity index (χ0) is 42.6. The molecular formula is C43H52O15S2. The van der Waals surface area contributed by atoms with Crippen molar-refractivity contribution in [1.82, 2.24) is 0 Å². The van der Waals surface area contributed by atoms with Crippen molar-refractivity contribution in [3.8, 4) is 22.6 Å². The Labute approximate surface area is 351 Å². The van der Waals surface area contributed by atoms with Crippen molar-refractivity contribution < 1.29 is 67.9 Å². The number of hydrogen-bond donors (Lipinski definition) is 0. The third-order valence-electron chi connectivity index (χ3n) is 8.79. The molecule has 0 aromatic heterocycles. The Kier molecular flexibility index (Phi) is 18.9. The van der Waals surface area contributed by atoms with Crippen LogP contribution >= 0.6 is 0 Å². The molecule has 0 saturated heterocycles. The smallest absolute Gasteiger partial charge is 0.297 e. The molecule has 1 aliphatic rings. The van der Waals surface area contributed by atoms with Crippen LogP contribution in [0.1, 0.15) is 27.0 Å². The molecular weight excluding hydrogens is 821 g/mol. The quantitative estimate of drug-likeness (QED) is 0.0435. The van der Waals surface area contributed by atoms with E-state index in [4.69, 9.17) is 46.3 Å². The van der Waals surface area contributed by atoms with Gasteiger partial charge >= 0.3 is 0 Å². The van der Waals surface area contributed by atoms with Gasteiger partial charge in [0.05, 0.1) is 102 Å². The van der Waals surface area contributed by atoms with E-state index in [0.717, 1.165) is 22.3 Å². The van der Waals surface area contributed by atoms with E-state index in [2.05, 4.69) is 0 Å². The van der Waals surface area contributed by atoms with Crippen molar-refractivity contribution in [2.45, 2.75) is 23.6 Å². The molecule has 4 aromatic carbocycles. The summed E-state index contributed by atoms with van der Waals surface area (Å²) in [6.07, 6.45) is 0. The van der Waals surface area contributed by atoms with Gasteiger partial charge in [0, 0.05) is 11.1 Å². The van der Waals surface area contributed by atoms with Crippen molar-refractivity contribution in [1.29, 1.82) is 0 Å². The number of aryl methyl sites for hydroxylation is 2. The topological polar surface area (TPSA) is 178 Å². The zero-order valence-corrected chi connectivity index (χ0v) is 35.5. The van der Waals surface area contributed by atoms with Crippen LogP contribution in [0.4, 0.5) is 0 Å². The van der Waals surface area contributed by atoms with Crippen LogP contribution in [-0.2, 0) is 57.0 Å². The molecule has 0 spiro atoms. The molecule has 0 amide bonds. The minimum atomic E-state index is -3.81. The molecule has 0 fully saturated rings. The SMILES string of the molecule is Cc1ccc(S(=O)(=O)OCCOCCOCCOCCOc2ccc3c(c2)C(=O)c2cc(OCCOCCOCCOCCOS(=O)(=O)c4ccc(C)cc4)ccc2-3)cc1. The average molecular weight is 873 g/mol. The average Bonchev–Trinajstić information content (AvgIpc) is 3.51. The van der Waals surface area contributed by atoms with Gasteiger partial charge < -0.3 is 37.9 Å². The molecule has 0 unspecified atom stereocenters. The molecule has 17 heteroatoms. The first kappa shape index (κ1) is 46.8. The van der Waals surface area contributed by atoms with Gasteiger partial charge in [-0.1, -0.05) is 35.4 Å². The second kappa shape index (κ2) is 24.2. The third kappa shape index (κ3) is 15.0. The van der Waals surface area contributed by atoms with E-state index in [1.807, 2.05) is 38.1 Å². The van der Waals surface area contributed by atoms with Crippen LogP contribution < -0.4 is 9.47 Å². The lowest BCUT2D eigenvalue weighted by molar-refractivity contribution is 0.00528.